The highest BCUT2D eigenvalue weighted by atomic mass is 32.1. The number of ether oxygens (including phenoxy) is 1. The molecule has 1 fully saturated rings. The molecular weight excluding hydrogens is 455 g/mol. The highest BCUT2D eigenvalue weighted by Crippen LogP contribution is 2.34. The number of alkyl halides is 3. The van der Waals surface area contributed by atoms with Crippen LogP contribution in [0, 0.1) is 5.92 Å². The van der Waals surface area contributed by atoms with Crippen LogP contribution in [0.2, 0.25) is 0 Å². The third kappa shape index (κ3) is 4.95. The Labute approximate surface area is 192 Å². The summed E-state index contributed by atoms with van der Waals surface area (Å²) >= 11 is 1.32. The number of hydrogen-bond acceptors (Lipinski definition) is 5. The lowest BCUT2D eigenvalue weighted by atomic mass is 9.96. The average molecular weight is 478 g/mol. The van der Waals surface area contributed by atoms with Gasteiger partial charge in [0.2, 0.25) is 0 Å². The van der Waals surface area contributed by atoms with Crippen molar-refractivity contribution in [3.05, 3.63) is 59.1 Å². The Balaban J connectivity index is 1.52. The highest BCUT2D eigenvalue weighted by molar-refractivity contribution is 7.13. The van der Waals surface area contributed by atoms with Crippen molar-refractivity contribution in [3.8, 4) is 16.3 Å². The van der Waals surface area contributed by atoms with Gasteiger partial charge in [0.05, 0.1) is 28.8 Å². The molecule has 3 heterocycles. The van der Waals surface area contributed by atoms with E-state index >= 15 is 0 Å². The van der Waals surface area contributed by atoms with Gasteiger partial charge in [-0.15, -0.1) is 11.3 Å². The molecule has 1 aromatic carbocycles. The monoisotopic (exact) mass is 477 g/mol. The average Bonchev–Trinajstić information content (AvgIpc) is 3.49. The number of halogens is 3. The van der Waals surface area contributed by atoms with Crippen LogP contribution in [0.3, 0.4) is 0 Å². The summed E-state index contributed by atoms with van der Waals surface area (Å²) in [4.78, 5) is 27.1. The molecule has 1 amide bonds. The summed E-state index contributed by atoms with van der Waals surface area (Å²) in [6.07, 6.45) is -3.48. The maximum Gasteiger partial charge on any atom is 0.435 e. The third-order valence-electron chi connectivity index (χ3n) is 5.53. The van der Waals surface area contributed by atoms with Crippen LogP contribution in [0.4, 0.5) is 13.2 Å². The number of rotatable bonds is 5. The molecular formula is C23H22F3N3O3S. The van der Waals surface area contributed by atoms with E-state index in [1.54, 1.807) is 53.6 Å². The van der Waals surface area contributed by atoms with E-state index in [0.29, 0.717) is 54.4 Å². The van der Waals surface area contributed by atoms with E-state index in [0.717, 1.165) is 6.07 Å². The molecule has 1 aliphatic heterocycles. The van der Waals surface area contributed by atoms with Crippen molar-refractivity contribution < 1.29 is 27.5 Å². The zero-order valence-corrected chi connectivity index (χ0v) is 18.7. The van der Waals surface area contributed by atoms with Gasteiger partial charge in [-0.3, -0.25) is 9.59 Å². The SMILES string of the molecule is CCOC(=O)C1CCN(C(=O)c2ccc(-n3nc(C(F)(F)F)cc3-c3cccs3)cc2)CC1. The maximum atomic E-state index is 13.3. The first kappa shape index (κ1) is 23.0. The molecule has 0 aliphatic carbocycles. The van der Waals surface area contributed by atoms with Crippen molar-refractivity contribution >= 4 is 23.2 Å². The number of aromatic nitrogens is 2. The lowest BCUT2D eigenvalue weighted by Crippen LogP contribution is -2.40. The van der Waals surface area contributed by atoms with Crippen molar-refractivity contribution in [2.75, 3.05) is 19.7 Å². The van der Waals surface area contributed by atoms with Crippen molar-refractivity contribution in [3.63, 3.8) is 0 Å². The first-order valence-corrected chi connectivity index (χ1v) is 11.4. The minimum Gasteiger partial charge on any atom is -0.466 e. The second kappa shape index (κ2) is 9.38. The van der Waals surface area contributed by atoms with Gasteiger partial charge in [0.1, 0.15) is 0 Å². The normalized spacial score (nSPS) is 15.0. The fourth-order valence-corrected chi connectivity index (χ4v) is 4.55. The predicted octanol–water partition coefficient (Wildman–Crippen LogP) is 5.03. The Morgan fingerprint density at radius 3 is 2.42 bits per heavy atom. The van der Waals surface area contributed by atoms with E-state index in [1.807, 2.05) is 0 Å². The quantitative estimate of drug-likeness (QED) is 0.484. The second-order valence-corrected chi connectivity index (χ2v) is 8.61. The van der Waals surface area contributed by atoms with E-state index < -0.39 is 11.9 Å². The molecule has 0 N–H and O–H groups in total. The highest BCUT2D eigenvalue weighted by Gasteiger charge is 2.35. The van der Waals surface area contributed by atoms with Crippen LogP contribution in [-0.2, 0) is 15.7 Å². The molecule has 174 valence electrons. The molecule has 0 saturated carbocycles. The van der Waals surface area contributed by atoms with Crippen LogP contribution in [0.1, 0.15) is 35.8 Å². The maximum absolute atomic E-state index is 13.3. The number of thiophene rings is 1. The standard InChI is InChI=1S/C23H22F3N3O3S/c1-2-32-22(31)16-9-11-28(12-10-16)21(30)15-5-7-17(8-6-15)29-18(19-4-3-13-33-19)14-20(27-29)23(24,25)26/h3-8,13-14,16H,2,9-12H2,1H3. The summed E-state index contributed by atoms with van der Waals surface area (Å²) in [6, 6.07) is 10.9. The number of amides is 1. The predicted molar refractivity (Wildman–Crippen MR) is 117 cm³/mol. The number of esters is 1. The smallest absolute Gasteiger partial charge is 0.435 e. The number of piperidine rings is 1. The molecule has 0 unspecified atom stereocenters. The Morgan fingerprint density at radius 1 is 1.15 bits per heavy atom. The van der Waals surface area contributed by atoms with E-state index in [4.69, 9.17) is 4.74 Å². The van der Waals surface area contributed by atoms with Crippen molar-refractivity contribution in [1.82, 2.24) is 14.7 Å². The molecule has 10 heteroatoms. The third-order valence-corrected chi connectivity index (χ3v) is 6.43. The fourth-order valence-electron chi connectivity index (χ4n) is 3.82. The summed E-state index contributed by atoms with van der Waals surface area (Å²) in [5.41, 5.74) is 0.202. The van der Waals surface area contributed by atoms with Gasteiger partial charge >= 0.3 is 12.1 Å². The number of nitrogens with zero attached hydrogens (tertiary/aromatic N) is 3. The van der Waals surface area contributed by atoms with Crippen LogP contribution in [0.25, 0.3) is 16.3 Å². The second-order valence-electron chi connectivity index (χ2n) is 7.67. The number of carbonyl (C=O) groups excluding carboxylic acids is 2. The largest absolute Gasteiger partial charge is 0.466 e. The Hall–Kier alpha value is -3.14. The Bertz CT molecular complexity index is 1120. The number of likely N-dealkylation sites (tertiary alicyclic amines) is 1. The van der Waals surface area contributed by atoms with Gasteiger partial charge in [-0.05, 0) is 61.5 Å². The molecule has 0 spiro atoms. The summed E-state index contributed by atoms with van der Waals surface area (Å²) in [6.45, 7) is 2.98. The molecule has 0 radical (unpaired) electrons. The summed E-state index contributed by atoms with van der Waals surface area (Å²) in [7, 11) is 0. The topological polar surface area (TPSA) is 64.4 Å². The van der Waals surface area contributed by atoms with E-state index in [-0.39, 0.29) is 17.8 Å². The number of hydrogen-bond donors (Lipinski definition) is 0. The number of carbonyl (C=O) groups is 2. The molecule has 1 saturated heterocycles. The van der Waals surface area contributed by atoms with E-state index in [9.17, 15) is 22.8 Å². The first-order chi connectivity index (χ1) is 15.8. The van der Waals surface area contributed by atoms with Crippen molar-refractivity contribution in [2.45, 2.75) is 25.9 Å². The van der Waals surface area contributed by atoms with Gasteiger partial charge in [-0.25, -0.2) is 4.68 Å². The minimum absolute atomic E-state index is 0.182. The number of benzene rings is 1. The molecule has 3 aromatic rings. The van der Waals surface area contributed by atoms with Crippen LogP contribution in [-0.4, -0.2) is 46.3 Å². The van der Waals surface area contributed by atoms with E-state index in [1.165, 1.54) is 16.0 Å². The summed E-state index contributed by atoms with van der Waals surface area (Å²) < 4.78 is 46.1. The molecule has 1 aliphatic rings. The zero-order chi connectivity index (χ0) is 23.6. The summed E-state index contributed by atoms with van der Waals surface area (Å²) in [5, 5.41) is 5.56. The molecule has 2 aromatic heterocycles. The lowest BCUT2D eigenvalue weighted by Gasteiger charge is -2.31. The Kier molecular flexibility index (Phi) is 6.55. The Morgan fingerprint density at radius 2 is 1.85 bits per heavy atom. The van der Waals surface area contributed by atoms with Gasteiger partial charge in [-0.2, -0.15) is 18.3 Å². The van der Waals surface area contributed by atoms with Crippen LogP contribution >= 0.6 is 11.3 Å². The molecule has 6 nitrogen and oxygen atoms in total. The van der Waals surface area contributed by atoms with Crippen LogP contribution in [0.15, 0.2) is 47.8 Å². The zero-order valence-electron chi connectivity index (χ0n) is 17.8. The molecule has 4 rings (SSSR count). The molecule has 0 bridgehead atoms. The molecule has 0 atom stereocenters. The van der Waals surface area contributed by atoms with Crippen LogP contribution < -0.4 is 0 Å². The van der Waals surface area contributed by atoms with Gasteiger partial charge in [0.15, 0.2) is 5.69 Å². The van der Waals surface area contributed by atoms with Gasteiger partial charge < -0.3 is 9.64 Å². The molecule has 33 heavy (non-hydrogen) atoms. The minimum atomic E-state index is -4.57. The first-order valence-electron chi connectivity index (χ1n) is 10.6. The van der Waals surface area contributed by atoms with E-state index in [2.05, 4.69) is 5.10 Å². The van der Waals surface area contributed by atoms with Gasteiger partial charge in [-0.1, -0.05) is 6.07 Å². The van der Waals surface area contributed by atoms with Gasteiger partial charge in [0, 0.05) is 18.7 Å². The van der Waals surface area contributed by atoms with Gasteiger partial charge in [0.25, 0.3) is 5.91 Å². The van der Waals surface area contributed by atoms with Crippen molar-refractivity contribution in [1.29, 1.82) is 0 Å². The van der Waals surface area contributed by atoms with Crippen molar-refractivity contribution in [2.24, 2.45) is 5.92 Å². The lowest BCUT2D eigenvalue weighted by molar-refractivity contribution is -0.149. The van der Waals surface area contributed by atoms with Crippen LogP contribution in [0.5, 0.6) is 0 Å². The fraction of sp³-hybridized carbons (Fsp3) is 0.348. The summed E-state index contributed by atoms with van der Waals surface area (Å²) in [5.74, 6) is -0.610.